The fourth-order valence-electron chi connectivity index (χ4n) is 3.48. The maximum Gasteiger partial charge on any atom is 0.260 e. The molecule has 0 saturated carbocycles. The van der Waals surface area contributed by atoms with Crippen molar-refractivity contribution in [2.24, 2.45) is 0 Å². The first kappa shape index (κ1) is 22.3. The van der Waals surface area contributed by atoms with Crippen molar-refractivity contribution in [3.05, 3.63) is 59.7 Å². The number of amides is 1. The second-order valence-electron chi connectivity index (χ2n) is 8.63. The van der Waals surface area contributed by atoms with E-state index in [1.165, 1.54) is 4.31 Å². The van der Waals surface area contributed by atoms with Crippen LogP contribution in [0.1, 0.15) is 31.9 Å². The van der Waals surface area contributed by atoms with E-state index >= 15 is 0 Å². The van der Waals surface area contributed by atoms with Gasteiger partial charge in [-0.25, -0.2) is 8.42 Å². The predicted octanol–water partition coefficient (Wildman–Crippen LogP) is 3.20. The van der Waals surface area contributed by atoms with Crippen LogP contribution in [0.5, 0.6) is 5.75 Å². The molecule has 3 rings (SSSR count). The number of nitrogens with zero attached hydrogens (tertiary/aromatic N) is 2. The van der Waals surface area contributed by atoms with Crippen LogP contribution >= 0.6 is 0 Å². The van der Waals surface area contributed by atoms with Gasteiger partial charge >= 0.3 is 0 Å². The number of carbonyl (C=O) groups is 1. The Labute approximate surface area is 179 Å². The predicted molar refractivity (Wildman–Crippen MR) is 117 cm³/mol. The zero-order valence-electron chi connectivity index (χ0n) is 18.1. The van der Waals surface area contributed by atoms with Gasteiger partial charge in [0.15, 0.2) is 6.61 Å². The number of aryl methyl sites for hydroxylation is 1. The molecule has 0 atom stereocenters. The summed E-state index contributed by atoms with van der Waals surface area (Å²) in [5.41, 5.74) is 1.97. The molecule has 1 heterocycles. The molecule has 0 aromatic heterocycles. The summed E-state index contributed by atoms with van der Waals surface area (Å²) in [5.74, 6) is 0.574. The molecule has 2 aromatic carbocycles. The maximum absolute atomic E-state index is 12.8. The molecule has 1 saturated heterocycles. The lowest BCUT2D eigenvalue weighted by Gasteiger charge is -2.34. The summed E-state index contributed by atoms with van der Waals surface area (Å²) in [4.78, 5) is 14.6. The molecule has 6 nitrogen and oxygen atoms in total. The number of carbonyl (C=O) groups excluding carboxylic acids is 1. The summed E-state index contributed by atoms with van der Waals surface area (Å²) in [7, 11) is -3.54. The van der Waals surface area contributed by atoms with E-state index in [-0.39, 0.29) is 35.9 Å². The number of piperazine rings is 1. The van der Waals surface area contributed by atoms with E-state index in [1.807, 2.05) is 31.2 Å². The van der Waals surface area contributed by atoms with E-state index in [0.717, 1.165) is 11.1 Å². The van der Waals surface area contributed by atoms with Gasteiger partial charge in [-0.3, -0.25) is 4.79 Å². The van der Waals surface area contributed by atoms with Crippen molar-refractivity contribution in [2.45, 2.75) is 38.0 Å². The van der Waals surface area contributed by atoms with Gasteiger partial charge in [0.05, 0.1) is 4.90 Å². The molecule has 0 spiro atoms. The summed E-state index contributed by atoms with van der Waals surface area (Å²) in [6.07, 6.45) is 0. The van der Waals surface area contributed by atoms with Crippen LogP contribution in [0.15, 0.2) is 53.4 Å². The van der Waals surface area contributed by atoms with Crippen molar-refractivity contribution in [3.63, 3.8) is 0 Å². The molecule has 30 heavy (non-hydrogen) atoms. The lowest BCUT2D eigenvalue weighted by atomic mass is 9.86. The Morgan fingerprint density at radius 2 is 1.57 bits per heavy atom. The molecule has 162 valence electrons. The Balaban J connectivity index is 1.58. The Morgan fingerprint density at radius 1 is 0.967 bits per heavy atom. The summed E-state index contributed by atoms with van der Waals surface area (Å²) >= 11 is 0. The topological polar surface area (TPSA) is 66.9 Å². The molecule has 0 radical (unpaired) electrons. The number of sulfonamides is 1. The van der Waals surface area contributed by atoms with Crippen LogP contribution < -0.4 is 4.74 Å². The van der Waals surface area contributed by atoms with Gasteiger partial charge in [0, 0.05) is 26.2 Å². The number of para-hydroxylation sites is 1. The third kappa shape index (κ3) is 5.02. The minimum Gasteiger partial charge on any atom is -0.483 e. The second kappa shape index (κ2) is 8.78. The maximum atomic E-state index is 12.8. The minimum atomic E-state index is -3.54. The number of benzene rings is 2. The van der Waals surface area contributed by atoms with Crippen LogP contribution in [0, 0.1) is 6.92 Å². The van der Waals surface area contributed by atoms with Crippen LogP contribution in [0.3, 0.4) is 0 Å². The number of hydrogen-bond acceptors (Lipinski definition) is 4. The van der Waals surface area contributed by atoms with Crippen LogP contribution in [-0.2, 0) is 20.2 Å². The number of ether oxygens (including phenoxy) is 1. The van der Waals surface area contributed by atoms with Crippen molar-refractivity contribution in [2.75, 3.05) is 32.8 Å². The summed E-state index contributed by atoms with van der Waals surface area (Å²) in [5, 5.41) is 0. The van der Waals surface area contributed by atoms with E-state index in [9.17, 15) is 13.2 Å². The highest BCUT2D eigenvalue weighted by Gasteiger charge is 2.30. The molecule has 1 aliphatic rings. The highest BCUT2D eigenvalue weighted by Crippen LogP contribution is 2.31. The molecule has 1 aliphatic heterocycles. The Morgan fingerprint density at radius 3 is 2.17 bits per heavy atom. The van der Waals surface area contributed by atoms with Gasteiger partial charge in [-0.15, -0.1) is 0 Å². The number of rotatable bonds is 5. The second-order valence-corrected chi connectivity index (χ2v) is 10.6. The van der Waals surface area contributed by atoms with Crippen LogP contribution in [0.4, 0.5) is 0 Å². The normalized spacial score (nSPS) is 15.8. The minimum absolute atomic E-state index is 0.0577. The highest BCUT2D eigenvalue weighted by molar-refractivity contribution is 7.89. The highest BCUT2D eigenvalue weighted by atomic mass is 32.2. The van der Waals surface area contributed by atoms with Gasteiger partial charge in [-0.1, -0.05) is 56.7 Å². The molecule has 0 unspecified atom stereocenters. The van der Waals surface area contributed by atoms with Gasteiger partial charge < -0.3 is 9.64 Å². The third-order valence-corrected chi connectivity index (χ3v) is 7.21. The van der Waals surface area contributed by atoms with Gasteiger partial charge in [-0.05, 0) is 36.1 Å². The van der Waals surface area contributed by atoms with Crippen molar-refractivity contribution in [1.82, 2.24) is 9.21 Å². The van der Waals surface area contributed by atoms with E-state index < -0.39 is 10.0 Å². The lowest BCUT2D eigenvalue weighted by molar-refractivity contribution is -0.134. The van der Waals surface area contributed by atoms with E-state index in [2.05, 4.69) is 20.8 Å². The van der Waals surface area contributed by atoms with E-state index in [0.29, 0.717) is 18.8 Å². The van der Waals surface area contributed by atoms with Crippen molar-refractivity contribution in [1.29, 1.82) is 0 Å². The Kier molecular flexibility index (Phi) is 6.53. The monoisotopic (exact) mass is 430 g/mol. The Hall–Kier alpha value is -2.38. The zero-order chi connectivity index (χ0) is 21.9. The molecule has 1 fully saturated rings. The van der Waals surface area contributed by atoms with Gasteiger partial charge in [0.1, 0.15) is 5.75 Å². The van der Waals surface area contributed by atoms with Crippen molar-refractivity contribution >= 4 is 15.9 Å². The van der Waals surface area contributed by atoms with Crippen molar-refractivity contribution < 1.29 is 17.9 Å². The number of hydrogen-bond donors (Lipinski definition) is 0. The van der Waals surface area contributed by atoms with Crippen LogP contribution in [0.25, 0.3) is 0 Å². The zero-order valence-corrected chi connectivity index (χ0v) is 18.9. The first-order valence-corrected chi connectivity index (χ1v) is 11.6. The first-order chi connectivity index (χ1) is 14.1. The molecule has 0 N–H and O–H groups in total. The molecule has 7 heteroatoms. The van der Waals surface area contributed by atoms with Gasteiger partial charge in [-0.2, -0.15) is 4.31 Å². The molecule has 0 aliphatic carbocycles. The fourth-order valence-corrected chi connectivity index (χ4v) is 4.90. The third-order valence-electron chi connectivity index (χ3n) is 5.30. The largest absolute Gasteiger partial charge is 0.483 e. The first-order valence-electron chi connectivity index (χ1n) is 10.2. The molecule has 1 amide bonds. The SMILES string of the molecule is Cc1ccc(S(=O)(=O)N2CCN(C(=O)COc3ccccc3C(C)(C)C)CC2)cc1. The van der Waals surface area contributed by atoms with E-state index in [1.54, 1.807) is 29.2 Å². The summed E-state index contributed by atoms with van der Waals surface area (Å²) < 4.78 is 32.9. The summed E-state index contributed by atoms with van der Waals surface area (Å²) in [6, 6.07) is 14.6. The lowest BCUT2D eigenvalue weighted by Crippen LogP contribution is -2.51. The van der Waals surface area contributed by atoms with Gasteiger partial charge in [0.25, 0.3) is 5.91 Å². The molecular weight excluding hydrogens is 400 g/mol. The standard InChI is InChI=1S/C23H30N2O4S/c1-18-9-11-19(12-10-18)30(27,28)25-15-13-24(14-16-25)22(26)17-29-21-8-6-5-7-20(21)23(2,3)4/h5-12H,13-17H2,1-4H3. The smallest absolute Gasteiger partial charge is 0.260 e. The average molecular weight is 431 g/mol. The van der Waals surface area contributed by atoms with E-state index in [4.69, 9.17) is 4.74 Å². The Bertz CT molecular complexity index is 987. The molecule has 2 aromatic rings. The molecular formula is C23H30N2O4S. The van der Waals surface area contributed by atoms with Gasteiger partial charge in [0.2, 0.25) is 10.0 Å². The quantitative estimate of drug-likeness (QED) is 0.731. The summed E-state index contributed by atoms with van der Waals surface area (Å²) in [6.45, 7) is 9.43. The average Bonchev–Trinajstić information content (AvgIpc) is 2.72. The van der Waals surface area contributed by atoms with Crippen LogP contribution in [-0.4, -0.2) is 56.3 Å². The fraction of sp³-hybridized carbons (Fsp3) is 0.435. The van der Waals surface area contributed by atoms with Crippen LogP contribution in [0.2, 0.25) is 0 Å². The van der Waals surface area contributed by atoms with Crippen molar-refractivity contribution in [3.8, 4) is 5.75 Å². The molecule has 0 bridgehead atoms.